The van der Waals surface area contributed by atoms with Gasteiger partial charge in [-0.2, -0.15) is 0 Å². The summed E-state index contributed by atoms with van der Waals surface area (Å²) >= 11 is -2.91. The molecule has 0 bridgehead atoms. The van der Waals surface area contributed by atoms with Gasteiger partial charge in [0.1, 0.15) is 0 Å². The van der Waals surface area contributed by atoms with Gasteiger partial charge in [-0.25, -0.2) is 0 Å². The van der Waals surface area contributed by atoms with Crippen LogP contribution in [0.1, 0.15) is 13.8 Å². The molecule has 1 aromatic carbocycles. The van der Waals surface area contributed by atoms with Crippen LogP contribution >= 0.6 is 0 Å². The third kappa shape index (κ3) is 3.30. The molecule has 96 valence electrons. The molecule has 0 aliphatic carbocycles. The van der Waals surface area contributed by atoms with Crippen LogP contribution < -0.4 is 4.35 Å². The molecule has 0 aliphatic rings. The van der Waals surface area contributed by atoms with Gasteiger partial charge in [0.15, 0.2) is 0 Å². The van der Waals surface area contributed by atoms with E-state index in [1.54, 1.807) is 13.8 Å². The van der Waals surface area contributed by atoms with Crippen LogP contribution in [-0.2, 0) is 10.0 Å². The van der Waals surface area contributed by atoms with E-state index in [1.165, 1.54) is 28.6 Å². The van der Waals surface area contributed by atoms with Crippen molar-refractivity contribution in [1.29, 1.82) is 0 Å². The molecule has 0 amide bonds. The van der Waals surface area contributed by atoms with Gasteiger partial charge in [-0.15, -0.1) is 0 Å². The van der Waals surface area contributed by atoms with Crippen LogP contribution in [0.3, 0.4) is 0 Å². The zero-order valence-corrected chi connectivity index (χ0v) is 12.4. The van der Waals surface area contributed by atoms with E-state index in [0.717, 1.165) is 0 Å². The Bertz CT molecular complexity index is 454. The molecule has 0 heterocycles. The summed E-state index contributed by atoms with van der Waals surface area (Å²) in [4.78, 5) is 0.181. The number of rotatable bonds is 5. The molecule has 5 nitrogen and oxygen atoms in total. The first-order chi connectivity index (χ1) is 7.93. The minimum absolute atomic E-state index is 0.181. The van der Waals surface area contributed by atoms with Crippen LogP contribution in [0.5, 0.6) is 0 Å². The molecule has 0 spiro atoms. The van der Waals surface area contributed by atoms with Crippen LogP contribution in [0, 0.1) is 0 Å². The molecular formula is C10H16AsNO4S. The molecule has 0 saturated carbocycles. The number of hydrogen-bond acceptors (Lipinski definition) is 4. The van der Waals surface area contributed by atoms with E-state index in [0.29, 0.717) is 17.4 Å². The van der Waals surface area contributed by atoms with Gasteiger partial charge < -0.3 is 0 Å². The van der Waals surface area contributed by atoms with Crippen LogP contribution in [0.15, 0.2) is 29.2 Å². The minimum atomic E-state index is -3.46. The summed E-state index contributed by atoms with van der Waals surface area (Å²) in [5, 5.41) is 0. The second-order valence-electron chi connectivity index (χ2n) is 3.37. The molecule has 17 heavy (non-hydrogen) atoms. The number of nitrogens with zero attached hydrogens (tertiary/aromatic N) is 1. The van der Waals surface area contributed by atoms with Gasteiger partial charge in [-0.3, -0.25) is 0 Å². The average Bonchev–Trinajstić information content (AvgIpc) is 2.30. The second-order valence-corrected chi connectivity index (χ2v) is 7.61. The van der Waals surface area contributed by atoms with Crippen LogP contribution in [-0.4, -0.2) is 49.3 Å². The Morgan fingerprint density at radius 2 is 1.59 bits per heavy atom. The summed E-state index contributed by atoms with van der Waals surface area (Å²) in [6.07, 6.45) is 0. The number of sulfonamides is 1. The molecule has 0 aliphatic heterocycles. The standard InChI is InChI=1S/C10H16AsNO4S/c1-3-12(4-2)17(15,16)10-7-5-9(6-8-10)11(13)14/h5-8,13-14H,3-4H2,1-2H3. The van der Waals surface area contributed by atoms with E-state index < -0.39 is 25.4 Å². The van der Waals surface area contributed by atoms with Crippen molar-refractivity contribution in [3.8, 4) is 0 Å². The monoisotopic (exact) mass is 321 g/mol. The van der Waals surface area contributed by atoms with Gasteiger partial charge in [0.05, 0.1) is 0 Å². The van der Waals surface area contributed by atoms with Gasteiger partial charge in [-0.1, -0.05) is 0 Å². The molecule has 0 unspecified atom stereocenters. The Morgan fingerprint density at radius 1 is 1.12 bits per heavy atom. The third-order valence-electron chi connectivity index (χ3n) is 2.41. The Kier molecular flexibility index (Phi) is 5.16. The fourth-order valence-corrected chi connectivity index (χ4v) is 3.79. The van der Waals surface area contributed by atoms with E-state index >= 15 is 0 Å². The van der Waals surface area contributed by atoms with Crippen molar-refractivity contribution >= 4 is 29.7 Å². The van der Waals surface area contributed by atoms with Crippen LogP contribution in [0.2, 0.25) is 0 Å². The summed E-state index contributed by atoms with van der Waals surface area (Å²) in [7, 11) is -3.46. The maximum absolute atomic E-state index is 12.1. The predicted molar refractivity (Wildman–Crippen MR) is 66.4 cm³/mol. The maximum atomic E-state index is 12.1. The summed E-state index contributed by atoms with van der Waals surface area (Å²) in [5.74, 6) is 0. The van der Waals surface area contributed by atoms with Crippen molar-refractivity contribution in [2.24, 2.45) is 0 Å². The summed E-state index contributed by atoms with van der Waals surface area (Å²) in [5.41, 5.74) is 0. The first kappa shape index (κ1) is 14.7. The van der Waals surface area contributed by atoms with E-state index in [4.69, 9.17) is 8.19 Å². The Hall–Kier alpha value is -0.392. The van der Waals surface area contributed by atoms with E-state index in [-0.39, 0.29) is 4.90 Å². The Balaban J connectivity index is 3.08. The van der Waals surface area contributed by atoms with Gasteiger partial charge in [0, 0.05) is 0 Å². The van der Waals surface area contributed by atoms with Gasteiger partial charge in [-0.05, 0) is 0 Å². The quantitative estimate of drug-likeness (QED) is 0.710. The average molecular weight is 321 g/mol. The van der Waals surface area contributed by atoms with Crippen molar-refractivity contribution in [2.75, 3.05) is 13.1 Å². The molecule has 1 aromatic rings. The Morgan fingerprint density at radius 3 is 1.94 bits per heavy atom. The summed E-state index contributed by atoms with van der Waals surface area (Å²) < 4.78 is 44.1. The zero-order valence-electron chi connectivity index (χ0n) is 9.74. The summed E-state index contributed by atoms with van der Waals surface area (Å²) in [6, 6.07) is 5.74. The Labute approximate surface area is 107 Å². The van der Waals surface area contributed by atoms with Crippen molar-refractivity contribution in [3.63, 3.8) is 0 Å². The van der Waals surface area contributed by atoms with Gasteiger partial charge in [0.2, 0.25) is 0 Å². The second kappa shape index (κ2) is 5.98. The molecule has 0 aromatic heterocycles. The topological polar surface area (TPSA) is 77.8 Å². The SMILES string of the molecule is CCN(CC)S(=O)(=O)c1ccc([As](O)O)cc1. The van der Waals surface area contributed by atoms with E-state index in [1.807, 2.05) is 0 Å². The van der Waals surface area contributed by atoms with Gasteiger partial charge >= 0.3 is 107 Å². The molecular weight excluding hydrogens is 305 g/mol. The first-order valence-electron chi connectivity index (χ1n) is 5.21. The van der Waals surface area contributed by atoms with Crippen molar-refractivity contribution in [2.45, 2.75) is 18.7 Å². The van der Waals surface area contributed by atoms with Gasteiger partial charge in [0.25, 0.3) is 0 Å². The molecule has 0 radical (unpaired) electrons. The third-order valence-corrected chi connectivity index (χ3v) is 6.07. The summed E-state index contributed by atoms with van der Waals surface area (Å²) in [6.45, 7) is 4.39. The van der Waals surface area contributed by atoms with Crippen molar-refractivity contribution in [1.82, 2.24) is 4.31 Å². The van der Waals surface area contributed by atoms with E-state index in [9.17, 15) is 8.42 Å². The fourth-order valence-electron chi connectivity index (χ4n) is 1.46. The first-order valence-corrected chi connectivity index (χ1v) is 9.27. The number of hydrogen-bond donors (Lipinski definition) is 2. The molecule has 1 rings (SSSR count). The predicted octanol–water partition coefficient (Wildman–Crippen LogP) is -0.603. The molecule has 0 fully saturated rings. The fraction of sp³-hybridized carbons (Fsp3) is 0.400. The number of benzene rings is 1. The van der Waals surface area contributed by atoms with E-state index in [2.05, 4.69) is 0 Å². The molecule has 2 N–H and O–H groups in total. The normalized spacial score (nSPS) is 12.4. The molecule has 7 heteroatoms. The van der Waals surface area contributed by atoms with Crippen LogP contribution in [0.4, 0.5) is 0 Å². The van der Waals surface area contributed by atoms with Crippen LogP contribution in [0.25, 0.3) is 0 Å². The molecule has 0 saturated heterocycles. The van der Waals surface area contributed by atoms with Crippen molar-refractivity contribution in [3.05, 3.63) is 24.3 Å². The van der Waals surface area contributed by atoms with Crippen molar-refractivity contribution < 1.29 is 16.6 Å². The zero-order chi connectivity index (χ0) is 13.1. The molecule has 0 atom stereocenters.